The van der Waals surface area contributed by atoms with Crippen molar-refractivity contribution in [2.45, 2.75) is 31.8 Å². The van der Waals surface area contributed by atoms with Crippen LogP contribution in [-0.4, -0.2) is 25.9 Å². The number of benzene rings is 1. The van der Waals surface area contributed by atoms with Crippen LogP contribution in [0.1, 0.15) is 25.3 Å². The molecule has 4 heteroatoms. The fourth-order valence-corrected chi connectivity index (χ4v) is 2.11. The molecule has 0 spiro atoms. The Morgan fingerprint density at radius 3 is 2.72 bits per heavy atom. The van der Waals surface area contributed by atoms with Gasteiger partial charge < -0.3 is 14.8 Å². The Hall–Kier alpha value is -1.13. The summed E-state index contributed by atoms with van der Waals surface area (Å²) in [5.74, 6) is 0.325. The zero-order valence-electron chi connectivity index (χ0n) is 11.0. The van der Waals surface area contributed by atoms with E-state index < -0.39 is 0 Å². The van der Waals surface area contributed by atoms with Crippen molar-refractivity contribution in [1.82, 2.24) is 5.32 Å². The molecule has 0 amide bonds. The molecule has 1 aliphatic rings. The molecule has 100 valence electrons. The molecule has 1 heterocycles. The summed E-state index contributed by atoms with van der Waals surface area (Å²) in [6, 6.07) is 4.97. The highest BCUT2D eigenvalue weighted by Gasteiger charge is 2.26. The van der Waals surface area contributed by atoms with E-state index in [-0.39, 0.29) is 11.4 Å². The summed E-state index contributed by atoms with van der Waals surface area (Å²) in [6.07, 6.45) is 1.93. The van der Waals surface area contributed by atoms with Crippen LogP contribution in [0.25, 0.3) is 0 Å². The molecule has 2 rings (SSSR count). The van der Waals surface area contributed by atoms with E-state index in [2.05, 4.69) is 12.2 Å². The van der Waals surface area contributed by atoms with Crippen LogP contribution in [0.4, 0.5) is 4.39 Å². The maximum atomic E-state index is 13.8. The lowest BCUT2D eigenvalue weighted by Gasteiger charge is -2.34. The molecule has 1 aromatic rings. The summed E-state index contributed by atoms with van der Waals surface area (Å²) < 4.78 is 24.1. The van der Waals surface area contributed by atoms with Gasteiger partial charge in [-0.1, -0.05) is 6.07 Å². The van der Waals surface area contributed by atoms with E-state index in [0.717, 1.165) is 26.1 Å². The molecule has 3 nitrogen and oxygen atoms in total. The van der Waals surface area contributed by atoms with Gasteiger partial charge in [-0.25, -0.2) is 4.39 Å². The van der Waals surface area contributed by atoms with Gasteiger partial charge in [-0.15, -0.1) is 0 Å². The average Bonchev–Trinajstić information content (AvgIpc) is 2.38. The van der Waals surface area contributed by atoms with Crippen molar-refractivity contribution >= 4 is 0 Å². The smallest absolute Gasteiger partial charge is 0.131 e. The molecule has 1 aliphatic heterocycles. The van der Waals surface area contributed by atoms with E-state index in [1.165, 1.54) is 13.2 Å². The Balaban J connectivity index is 1.97. The summed E-state index contributed by atoms with van der Waals surface area (Å²) in [7, 11) is 1.54. The Bertz CT molecular complexity index is 403. The highest BCUT2D eigenvalue weighted by Crippen LogP contribution is 2.22. The normalized spacial score (nSPS) is 18.6. The number of ether oxygens (including phenoxy) is 2. The number of methoxy groups -OCH3 is 1. The minimum absolute atomic E-state index is 0.0462. The maximum absolute atomic E-state index is 13.8. The summed E-state index contributed by atoms with van der Waals surface area (Å²) in [5.41, 5.74) is 0.716. The third-order valence-electron chi connectivity index (χ3n) is 3.56. The van der Waals surface area contributed by atoms with Crippen molar-refractivity contribution in [3.8, 4) is 5.75 Å². The van der Waals surface area contributed by atoms with E-state index in [0.29, 0.717) is 17.9 Å². The van der Waals surface area contributed by atoms with E-state index in [1.807, 2.05) is 0 Å². The molecular formula is C14H20FNO2. The molecule has 1 saturated heterocycles. The SMILES string of the molecule is COc1ccc(CNC2(C)CCOCC2)c(F)c1. The van der Waals surface area contributed by atoms with Crippen molar-refractivity contribution in [2.75, 3.05) is 20.3 Å². The zero-order chi connectivity index (χ0) is 13.0. The van der Waals surface area contributed by atoms with Crippen LogP contribution in [0, 0.1) is 5.82 Å². The summed E-state index contributed by atoms with van der Waals surface area (Å²) in [5, 5.41) is 3.43. The summed E-state index contributed by atoms with van der Waals surface area (Å²) in [6.45, 7) is 4.24. The highest BCUT2D eigenvalue weighted by atomic mass is 19.1. The van der Waals surface area contributed by atoms with Gasteiger partial charge in [0, 0.05) is 36.9 Å². The van der Waals surface area contributed by atoms with Gasteiger partial charge in [0.25, 0.3) is 0 Å². The standard InChI is InChI=1S/C14H20FNO2/c1-14(5-7-18-8-6-14)16-10-11-3-4-12(17-2)9-13(11)15/h3-4,9,16H,5-8,10H2,1-2H3. The lowest BCUT2D eigenvalue weighted by atomic mass is 9.92. The molecule has 0 saturated carbocycles. The van der Waals surface area contributed by atoms with Crippen molar-refractivity contribution in [3.63, 3.8) is 0 Å². The van der Waals surface area contributed by atoms with Crippen LogP contribution in [0.2, 0.25) is 0 Å². The molecule has 0 unspecified atom stereocenters. The zero-order valence-corrected chi connectivity index (χ0v) is 11.0. The molecule has 18 heavy (non-hydrogen) atoms. The van der Waals surface area contributed by atoms with Crippen molar-refractivity contribution in [2.24, 2.45) is 0 Å². The van der Waals surface area contributed by atoms with Gasteiger partial charge in [-0.2, -0.15) is 0 Å². The first-order chi connectivity index (χ1) is 8.63. The first-order valence-electron chi connectivity index (χ1n) is 6.28. The first kappa shape index (κ1) is 13.3. The van der Waals surface area contributed by atoms with Gasteiger partial charge in [-0.05, 0) is 25.8 Å². The quantitative estimate of drug-likeness (QED) is 0.894. The van der Waals surface area contributed by atoms with Crippen molar-refractivity contribution in [1.29, 1.82) is 0 Å². The average molecular weight is 253 g/mol. The minimum atomic E-state index is -0.225. The molecule has 0 radical (unpaired) electrons. The fourth-order valence-electron chi connectivity index (χ4n) is 2.11. The molecule has 0 atom stereocenters. The Morgan fingerprint density at radius 2 is 2.11 bits per heavy atom. The second-order valence-corrected chi connectivity index (χ2v) is 4.98. The largest absolute Gasteiger partial charge is 0.497 e. The molecule has 0 aliphatic carbocycles. The van der Waals surface area contributed by atoms with E-state index >= 15 is 0 Å². The highest BCUT2D eigenvalue weighted by molar-refractivity contribution is 5.28. The predicted octanol–water partition coefficient (Wildman–Crippen LogP) is 2.49. The van der Waals surface area contributed by atoms with Gasteiger partial charge >= 0.3 is 0 Å². The van der Waals surface area contributed by atoms with E-state index in [4.69, 9.17) is 9.47 Å². The molecule has 1 fully saturated rings. The summed E-state index contributed by atoms with van der Waals surface area (Å²) >= 11 is 0. The van der Waals surface area contributed by atoms with Crippen molar-refractivity contribution < 1.29 is 13.9 Å². The number of nitrogens with one attached hydrogen (secondary N) is 1. The summed E-state index contributed by atoms with van der Waals surface area (Å²) in [4.78, 5) is 0. The second-order valence-electron chi connectivity index (χ2n) is 4.98. The number of rotatable bonds is 4. The topological polar surface area (TPSA) is 30.5 Å². The molecule has 0 aromatic heterocycles. The lowest BCUT2D eigenvalue weighted by molar-refractivity contribution is 0.0445. The maximum Gasteiger partial charge on any atom is 0.131 e. The van der Waals surface area contributed by atoms with E-state index in [9.17, 15) is 4.39 Å². The predicted molar refractivity (Wildman–Crippen MR) is 68.2 cm³/mol. The van der Waals surface area contributed by atoms with Crippen LogP contribution < -0.4 is 10.1 Å². The van der Waals surface area contributed by atoms with Gasteiger partial charge in [0.15, 0.2) is 0 Å². The van der Waals surface area contributed by atoms with Crippen LogP contribution in [0.3, 0.4) is 0 Å². The molecule has 0 bridgehead atoms. The molecule has 1 aromatic carbocycles. The van der Waals surface area contributed by atoms with Gasteiger partial charge in [0.2, 0.25) is 0 Å². The fraction of sp³-hybridized carbons (Fsp3) is 0.571. The minimum Gasteiger partial charge on any atom is -0.497 e. The van der Waals surface area contributed by atoms with Gasteiger partial charge in [0.1, 0.15) is 11.6 Å². The number of hydrogen-bond donors (Lipinski definition) is 1. The van der Waals surface area contributed by atoms with Crippen LogP contribution in [0.15, 0.2) is 18.2 Å². The Kier molecular flexibility index (Phi) is 4.19. The van der Waals surface area contributed by atoms with Crippen LogP contribution >= 0.6 is 0 Å². The Morgan fingerprint density at radius 1 is 1.39 bits per heavy atom. The second kappa shape index (κ2) is 5.67. The van der Waals surface area contributed by atoms with Crippen molar-refractivity contribution in [3.05, 3.63) is 29.6 Å². The first-order valence-corrected chi connectivity index (χ1v) is 6.28. The van der Waals surface area contributed by atoms with E-state index in [1.54, 1.807) is 12.1 Å². The molecule has 1 N–H and O–H groups in total. The number of halogens is 1. The van der Waals surface area contributed by atoms with Gasteiger partial charge in [-0.3, -0.25) is 0 Å². The third-order valence-corrected chi connectivity index (χ3v) is 3.56. The molecular weight excluding hydrogens is 233 g/mol. The Labute approximate surface area is 107 Å². The third kappa shape index (κ3) is 3.21. The van der Waals surface area contributed by atoms with Crippen LogP contribution in [-0.2, 0) is 11.3 Å². The van der Waals surface area contributed by atoms with Crippen LogP contribution in [0.5, 0.6) is 5.75 Å². The monoisotopic (exact) mass is 253 g/mol. The van der Waals surface area contributed by atoms with Gasteiger partial charge in [0.05, 0.1) is 7.11 Å². The lowest BCUT2D eigenvalue weighted by Crippen LogP contribution is -2.46. The number of hydrogen-bond acceptors (Lipinski definition) is 3.